The number of carbonyl (C=O) groups is 7. The van der Waals surface area contributed by atoms with Gasteiger partial charge in [-0.2, -0.15) is 0 Å². The number of nitrogens with zero attached hydrogens (tertiary/aromatic N) is 4. The van der Waals surface area contributed by atoms with E-state index in [-0.39, 0.29) is 74.1 Å². The summed E-state index contributed by atoms with van der Waals surface area (Å²) < 4.78 is 24.5. The molecule has 3 rings (SSSR count). The molecule has 15 nitrogen and oxygen atoms in total. The number of likely N-dealkylation sites (N-methyl/N-ethyl adjacent to an activating group) is 4. The van der Waals surface area contributed by atoms with E-state index in [1.165, 1.54) is 47.7 Å². The summed E-state index contributed by atoms with van der Waals surface area (Å²) in [5.41, 5.74) is 3.03. The van der Waals surface area contributed by atoms with E-state index in [2.05, 4.69) is 0 Å². The van der Waals surface area contributed by atoms with Gasteiger partial charge in [-0.3, -0.25) is 19.2 Å². The standard InChI is InChI=1S/C54H80Cl2N4O11/c1-32(2)23-42-31-68-36(9)48(61)58(12)44(25-34(5)6)53(66)71-47(28-39-17-21-41(30-56)22-18-39)51(64)60(14)43(24-33(3)4)52(65)69-37(10)49(62)59(13)45(26-35(7)8)54(67)70-46(50(63)57(42)11)27-38-15-19-40(29-55)20-16-38/h15-22,32-37,42-47H,23-31H2,1-14H3/t36-,37-,42+,43+,44+,45+,46-,47-/m1/s1. The molecule has 2 aromatic rings. The van der Waals surface area contributed by atoms with E-state index < -0.39 is 90.1 Å². The maximum Gasteiger partial charge on any atom is 0.329 e. The lowest BCUT2D eigenvalue weighted by atomic mass is 10.00. The summed E-state index contributed by atoms with van der Waals surface area (Å²) in [6, 6.07) is 10.2. The second-order valence-electron chi connectivity index (χ2n) is 20.7. The van der Waals surface area contributed by atoms with Crippen molar-refractivity contribution in [2.75, 3.05) is 34.8 Å². The highest BCUT2D eigenvalue weighted by atomic mass is 35.5. The Morgan fingerprint density at radius 2 is 0.761 bits per heavy atom. The summed E-state index contributed by atoms with van der Waals surface area (Å²) in [7, 11) is 5.91. The largest absolute Gasteiger partial charge is 0.451 e. The fourth-order valence-electron chi connectivity index (χ4n) is 8.51. The van der Waals surface area contributed by atoms with Crippen LogP contribution in [0.4, 0.5) is 0 Å². The number of hydrogen-bond acceptors (Lipinski definition) is 11. The first kappa shape index (κ1) is 60.6. The fourth-order valence-corrected chi connectivity index (χ4v) is 8.87. The Labute approximate surface area is 432 Å². The van der Waals surface area contributed by atoms with Crippen LogP contribution in [0.2, 0.25) is 0 Å². The summed E-state index contributed by atoms with van der Waals surface area (Å²) in [4.78, 5) is 107. The molecular formula is C54H80Cl2N4O11. The highest BCUT2D eigenvalue weighted by Crippen LogP contribution is 2.24. The van der Waals surface area contributed by atoms with E-state index in [9.17, 15) is 33.6 Å². The molecule has 1 aliphatic heterocycles. The SMILES string of the molecule is CC(C)C[C@H]1CO[C@H](C)C(=O)N(C)[C@@H](CC(C)C)C(=O)O[C@H](Cc2ccc(CCl)cc2)C(=O)N(C)[C@@H](CC(C)C)C(=O)O[C@H](C)C(=O)N(C)[C@@H](CC(C)C)C(=O)O[C@H](Cc2ccc(CCl)cc2)C(=O)N1C. The molecule has 1 saturated heterocycles. The average Bonchev–Trinajstić information content (AvgIpc) is 3.32. The Hall–Kier alpha value is -4.73. The highest BCUT2D eigenvalue weighted by Gasteiger charge is 2.41. The van der Waals surface area contributed by atoms with Crippen molar-refractivity contribution >= 4 is 64.7 Å². The molecule has 0 spiro atoms. The molecule has 1 heterocycles. The molecule has 4 amide bonds. The summed E-state index contributed by atoms with van der Waals surface area (Å²) in [6.07, 6.45) is -4.53. The predicted molar refractivity (Wildman–Crippen MR) is 274 cm³/mol. The number of amides is 4. The number of hydrogen-bond donors (Lipinski definition) is 0. The number of ether oxygens (including phenoxy) is 4. The van der Waals surface area contributed by atoms with E-state index in [0.29, 0.717) is 17.5 Å². The van der Waals surface area contributed by atoms with Crippen LogP contribution in [0.1, 0.15) is 117 Å². The highest BCUT2D eigenvalue weighted by molar-refractivity contribution is 6.17. The smallest absolute Gasteiger partial charge is 0.329 e. The molecule has 1 aliphatic rings. The van der Waals surface area contributed by atoms with E-state index in [1.54, 1.807) is 38.2 Å². The Morgan fingerprint density at radius 3 is 1.11 bits per heavy atom. The zero-order chi connectivity index (χ0) is 53.4. The van der Waals surface area contributed by atoms with Gasteiger partial charge in [0.15, 0.2) is 18.3 Å². The molecule has 0 aromatic heterocycles. The first-order chi connectivity index (χ1) is 33.3. The van der Waals surface area contributed by atoms with Gasteiger partial charge in [-0.15, -0.1) is 23.2 Å². The number of esters is 3. The summed E-state index contributed by atoms with van der Waals surface area (Å²) in [5, 5.41) is 0. The van der Waals surface area contributed by atoms with Gasteiger partial charge >= 0.3 is 17.9 Å². The Morgan fingerprint density at radius 1 is 0.451 bits per heavy atom. The van der Waals surface area contributed by atoms with Gasteiger partial charge in [0.25, 0.3) is 23.6 Å². The van der Waals surface area contributed by atoms with Gasteiger partial charge in [0.2, 0.25) is 0 Å². The van der Waals surface area contributed by atoms with Crippen LogP contribution in [0.5, 0.6) is 0 Å². The van der Waals surface area contributed by atoms with Gasteiger partial charge < -0.3 is 38.5 Å². The monoisotopic (exact) mass is 1030 g/mol. The van der Waals surface area contributed by atoms with Crippen LogP contribution in [-0.2, 0) is 77.1 Å². The topological polar surface area (TPSA) is 169 Å². The molecule has 396 valence electrons. The van der Waals surface area contributed by atoms with Crippen LogP contribution in [0, 0.1) is 23.7 Å². The number of alkyl halides is 2. The number of rotatable bonds is 14. The van der Waals surface area contributed by atoms with Crippen molar-refractivity contribution in [3.05, 3.63) is 70.8 Å². The quantitative estimate of drug-likeness (QED) is 0.104. The van der Waals surface area contributed by atoms with Crippen molar-refractivity contribution in [2.45, 2.75) is 168 Å². The minimum absolute atomic E-state index is 0.00945. The third kappa shape index (κ3) is 18.1. The molecule has 17 heteroatoms. The molecule has 0 bridgehead atoms. The molecule has 0 aliphatic carbocycles. The number of carbonyl (C=O) groups excluding carboxylic acids is 7. The summed E-state index contributed by atoms with van der Waals surface area (Å²) in [6.45, 7) is 18.1. The Bertz CT molecular complexity index is 2080. The van der Waals surface area contributed by atoms with Crippen LogP contribution >= 0.6 is 23.2 Å². The first-order valence-electron chi connectivity index (χ1n) is 24.9. The Kier molecular flexibility index (Phi) is 24.3. The van der Waals surface area contributed by atoms with Crippen molar-refractivity contribution in [3.8, 4) is 0 Å². The Balaban J connectivity index is 2.24. The van der Waals surface area contributed by atoms with Crippen LogP contribution in [-0.4, -0.2) is 145 Å². The summed E-state index contributed by atoms with van der Waals surface area (Å²) >= 11 is 12.1. The van der Waals surface area contributed by atoms with Gasteiger partial charge in [-0.25, -0.2) is 14.4 Å². The van der Waals surface area contributed by atoms with Crippen molar-refractivity contribution in [1.29, 1.82) is 0 Å². The van der Waals surface area contributed by atoms with Gasteiger partial charge in [0.05, 0.1) is 12.6 Å². The molecule has 8 atom stereocenters. The van der Waals surface area contributed by atoms with Crippen molar-refractivity contribution in [2.24, 2.45) is 23.7 Å². The van der Waals surface area contributed by atoms with E-state index in [1.807, 2.05) is 79.7 Å². The zero-order valence-corrected chi connectivity index (χ0v) is 46.0. The van der Waals surface area contributed by atoms with Gasteiger partial charge in [0.1, 0.15) is 24.2 Å². The van der Waals surface area contributed by atoms with Crippen LogP contribution in [0.15, 0.2) is 48.5 Å². The lowest BCUT2D eigenvalue weighted by molar-refractivity contribution is -0.174. The van der Waals surface area contributed by atoms with Crippen LogP contribution < -0.4 is 0 Å². The summed E-state index contributed by atoms with van der Waals surface area (Å²) in [5.74, 6) is -4.81. The fraction of sp³-hybridized carbons (Fsp3) is 0.648. The molecular weight excluding hydrogens is 952 g/mol. The number of cyclic esters (lactones) is 3. The molecule has 0 unspecified atom stereocenters. The second-order valence-corrected chi connectivity index (χ2v) is 21.3. The first-order valence-corrected chi connectivity index (χ1v) is 25.9. The molecule has 0 saturated carbocycles. The molecule has 1 fully saturated rings. The maximum absolute atomic E-state index is 14.8. The van der Waals surface area contributed by atoms with Gasteiger partial charge in [-0.1, -0.05) is 104 Å². The average molecular weight is 1030 g/mol. The van der Waals surface area contributed by atoms with Gasteiger partial charge in [-0.05, 0) is 85.5 Å². The second kappa shape index (κ2) is 28.5. The van der Waals surface area contributed by atoms with E-state index in [4.69, 9.17) is 42.1 Å². The zero-order valence-electron chi connectivity index (χ0n) is 44.4. The minimum atomic E-state index is -1.46. The maximum atomic E-state index is 14.8. The third-order valence-electron chi connectivity index (χ3n) is 12.8. The van der Waals surface area contributed by atoms with E-state index >= 15 is 0 Å². The van der Waals surface area contributed by atoms with Crippen molar-refractivity contribution < 1.29 is 52.5 Å². The lowest BCUT2D eigenvalue weighted by Crippen LogP contribution is -2.54. The van der Waals surface area contributed by atoms with Gasteiger partial charge in [0, 0.05) is 52.8 Å². The normalized spacial score (nSPS) is 24.8. The van der Waals surface area contributed by atoms with E-state index in [0.717, 1.165) is 11.1 Å². The molecule has 0 radical (unpaired) electrons. The number of halogens is 2. The molecule has 0 N–H and O–H groups in total. The van der Waals surface area contributed by atoms with Crippen molar-refractivity contribution in [3.63, 3.8) is 0 Å². The molecule has 71 heavy (non-hydrogen) atoms. The lowest BCUT2D eigenvalue weighted by Gasteiger charge is -2.36. The number of benzene rings is 2. The van der Waals surface area contributed by atoms with Crippen LogP contribution in [0.25, 0.3) is 0 Å². The van der Waals surface area contributed by atoms with Crippen molar-refractivity contribution in [1.82, 2.24) is 19.6 Å². The van der Waals surface area contributed by atoms with Crippen LogP contribution in [0.3, 0.4) is 0 Å². The minimum Gasteiger partial charge on any atom is -0.451 e. The predicted octanol–water partition coefficient (Wildman–Crippen LogP) is 7.62. The molecule has 2 aromatic carbocycles. The third-order valence-corrected chi connectivity index (χ3v) is 13.4.